The second kappa shape index (κ2) is 6.48. The zero-order valence-corrected chi connectivity index (χ0v) is 15.2. The Bertz CT molecular complexity index is 714. The minimum Gasteiger partial charge on any atom is -0.348 e. The monoisotopic (exact) mass is 350 g/mol. The van der Waals surface area contributed by atoms with E-state index in [1.807, 2.05) is 11.0 Å². The fourth-order valence-electron chi connectivity index (χ4n) is 3.71. The van der Waals surface area contributed by atoms with Gasteiger partial charge in [-0.3, -0.25) is 9.69 Å². The molecule has 1 fully saturated rings. The molecule has 1 atom stereocenters. The summed E-state index contributed by atoms with van der Waals surface area (Å²) in [5, 5.41) is 3.15. The van der Waals surface area contributed by atoms with Gasteiger partial charge in [-0.1, -0.05) is 38.1 Å². The molecule has 1 aliphatic heterocycles. The largest absolute Gasteiger partial charge is 0.348 e. The number of rotatable bonds is 3. The Morgan fingerprint density at radius 2 is 1.92 bits per heavy atom. The van der Waals surface area contributed by atoms with Gasteiger partial charge in [0.15, 0.2) is 9.84 Å². The SMILES string of the molecule is CC1(C)CCC(NC(=O)CN2CCS(=O)(=O)CC2)c2ccccc21. The topological polar surface area (TPSA) is 66.5 Å². The van der Waals surface area contributed by atoms with Crippen molar-refractivity contribution in [2.75, 3.05) is 31.1 Å². The Kier molecular flexibility index (Phi) is 4.71. The molecule has 2 aliphatic rings. The lowest BCUT2D eigenvalue weighted by Gasteiger charge is -2.37. The number of benzene rings is 1. The number of sulfone groups is 1. The summed E-state index contributed by atoms with van der Waals surface area (Å²) >= 11 is 0. The Hall–Kier alpha value is -1.40. The molecule has 24 heavy (non-hydrogen) atoms. The molecule has 0 saturated carbocycles. The molecule has 1 aromatic rings. The molecule has 1 heterocycles. The molecule has 132 valence electrons. The van der Waals surface area contributed by atoms with Crippen LogP contribution in [0.3, 0.4) is 0 Å². The van der Waals surface area contributed by atoms with E-state index in [2.05, 4.69) is 37.4 Å². The molecule has 0 radical (unpaired) electrons. The first-order chi connectivity index (χ1) is 11.3. The Morgan fingerprint density at radius 1 is 1.25 bits per heavy atom. The molecular formula is C18H26N2O3S. The smallest absolute Gasteiger partial charge is 0.234 e. The highest BCUT2D eigenvalue weighted by Gasteiger charge is 2.33. The van der Waals surface area contributed by atoms with E-state index in [-0.39, 0.29) is 35.4 Å². The van der Waals surface area contributed by atoms with Crippen molar-refractivity contribution in [3.05, 3.63) is 35.4 Å². The summed E-state index contributed by atoms with van der Waals surface area (Å²) in [6, 6.07) is 8.39. The zero-order chi connectivity index (χ0) is 17.4. The quantitative estimate of drug-likeness (QED) is 0.900. The van der Waals surface area contributed by atoms with E-state index in [9.17, 15) is 13.2 Å². The van der Waals surface area contributed by atoms with Crippen LogP contribution in [0.4, 0.5) is 0 Å². The second-order valence-electron chi connectivity index (χ2n) is 7.56. The number of nitrogens with zero attached hydrogens (tertiary/aromatic N) is 1. The molecule has 1 unspecified atom stereocenters. The molecule has 5 nitrogen and oxygen atoms in total. The molecule has 1 saturated heterocycles. The summed E-state index contributed by atoms with van der Waals surface area (Å²) in [6.45, 7) is 5.67. The van der Waals surface area contributed by atoms with Crippen molar-refractivity contribution in [1.29, 1.82) is 0 Å². The summed E-state index contributed by atoms with van der Waals surface area (Å²) in [4.78, 5) is 14.3. The molecule has 3 rings (SSSR count). The summed E-state index contributed by atoms with van der Waals surface area (Å²) in [6.07, 6.45) is 1.97. The highest BCUT2D eigenvalue weighted by molar-refractivity contribution is 7.91. The fourth-order valence-corrected chi connectivity index (χ4v) is 4.99. The van der Waals surface area contributed by atoms with E-state index in [0.29, 0.717) is 13.1 Å². The first kappa shape index (κ1) is 17.4. The minimum atomic E-state index is -2.91. The van der Waals surface area contributed by atoms with E-state index >= 15 is 0 Å². The summed E-state index contributed by atoms with van der Waals surface area (Å²) in [5.74, 6) is 0.287. The van der Waals surface area contributed by atoms with Crippen LogP contribution < -0.4 is 5.32 Å². The molecular weight excluding hydrogens is 324 g/mol. The number of amides is 1. The van der Waals surface area contributed by atoms with Gasteiger partial charge in [0.25, 0.3) is 0 Å². The van der Waals surface area contributed by atoms with E-state index < -0.39 is 9.84 Å². The van der Waals surface area contributed by atoms with Crippen molar-refractivity contribution in [1.82, 2.24) is 10.2 Å². The Labute approximate surface area is 144 Å². The van der Waals surface area contributed by atoms with Crippen LogP contribution in [0, 0.1) is 0 Å². The van der Waals surface area contributed by atoms with Crippen molar-refractivity contribution < 1.29 is 13.2 Å². The van der Waals surface area contributed by atoms with Crippen molar-refractivity contribution in [2.24, 2.45) is 0 Å². The van der Waals surface area contributed by atoms with Crippen LogP contribution >= 0.6 is 0 Å². The van der Waals surface area contributed by atoms with Gasteiger partial charge in [-0.25, -0.2) is 8.42 Å². The first-order valence-electron chi connectivity index (χ1n) is 8.58. The summed E-state index contributed by atoms with van der Waals surface area (Å²) in [5.41, 5.74) is 2.66. The number of nitrogens with one attached hydrogen (secondary N) is 1. The number of carbonyl (C=O) groups excluding carboxylic acids is 1. The second-order valence-corrected chi connectivity index (χ2v) is 9.86. The van der Waals surface area contributed by atoms with E-state index in [4.69, 9.17) is 0 Å². The van der Waals surface area contributed by atoms with Gasteiger partial charge in [0.05, 0.1) is 24.1 Å². The highest BCUT2D eigenvalue weighted by atomic mass is 32.2. The molecule has 6 heteroatoms. The van der Waals surface area contributed by atoms with Gasteiger partial charge in [0.2, 0.25) is 5.91 Å². The lowest BCUT2D eigenvalue weighted by Crippen LogP contribution is -2.46. The van der Waals surface area contributed by atoms with Crippen LogP contribution in [0.2, 0.25) is 0 Å². The van der Waals surface area contributed by atoms with Crippen molar-refractivity contribution >= 4 is 15.7 Å². The lowest BCUT2D eigenvalue weighted by atomic mass is 9.71. The normalized spacial score (nSPS) is 25.7. The van der Waals surface area contributed by atoms with Crippen LogP contribution in [0.25, 0.3) is 0 Å². The third-order valence-corrected chi connectivity index (χ3v) is 6.87. The van der Waals surface area contributed by atoms with Crippen LogP contribution in [-0.4, -0.2) is 50.4 Å². The van der Waals surface area contributed by atoms with E-state index in [1.54, 1.807) is 0 Å². The molecule has 1 N–H and O–H groups in total. The number of fused-ring (bicyclic) bond motifs is 1. The molecule has 0 bridgehead atoms. The Balaban J connectivity index is 1.63. The predicted octanol–water partition coefficient (Wildman–Crippen LogP) is 1.65. The standard InChI is InChI=1S/C18H26N2O3S/c1-18(2)8-7-16(14-5-3-4-6-15(14)18)19-17(21)13-20-9-11-24(22,23)12-10-20/h3-6,16H,7-13H2,1-2H3,(H,19,21). The number of hydrogen-bond donors (Lipinski definition) is 1. The van der Waals surface area contributed by atoms with Crippen molar-refractivity contribution in [3.63, 3.8) is 0 Å². The fraction of sp³-hybridized carbons (Fsp3) is 0.611. The van der Waals surface area contributed by atoms with E-state index in [0.717, 1.165) is 12.8 Å². The molecule has 0 aromatic heterocycles. The Morgan fingerprint density at radius 3 is 2.62 bits per heavy atom. The van der Waals surface area contributed by atoms with Crippen LogP contribution in [0.5, 0.6) is 0 Å². The van der Waals surface area contributed by atoms with Gasteiger partial charge in [0, 0.05) is 13.1 Å². The average molecular weight is 350 g/mol. The van der Waals surface area contributed by atoms with E-state index in [1.165, 1.54) is 11.1 Å². The van der Waals surface area contributed by atoms with Crippen LogP contribution in [-0.2, 0) is 20.0 Å². The first-order valence-corrected chi connectivity index (χ1v) is 10.4. The molecule has 1 amide bonds. The highest BCUT2D eigenvalue weighted by Crippen LogP contribution is 2.41. The van der Waals surface area contributed by atoms with Crippen molar-refractivity contribution in [2.45, 2.75) is 38.1 Å². The summed E-state index contributed by atoms with van der Waals surface area (Å²) < 4.78 is 22.9. The molecule has 1 aliphatic carbocycles. The van der Waals surface area contributed by atoms with Gasteiger partial charge in [-0.15, -0.1) is 0 Å². The maximum atomic E-state index is 12.4. The number of hydrogen-bond acceptors (Lipinski definition) is 4. The van der Waals surface area contributed by atoms with Crippen molar-refractivity contribution in [3.8, 4) is 0 Å². The zero-order valence-electron chi connectivity index (χ0n) is 14.4. The van der Waals surface area contributed by atoms with Gasteiger partial charge in [-0.2, -0.15) is 0 Å². The van der Waals surface area contributed by atoms with Gasteiger partial charge in [0.1, 0.15) is 0 Å². The van der Waals surface area contributed by atoms with Gasteiger partial charge < -0.3 is 5.32 Å². The molecule has 0 spiro atoms. The number of carbonyl (C=O) groups is 1. The molecule has 1 aromatic carbocycles. The predicted molar refractivity (Wildman–Crippen MR) is 94.7 cm³/mol. The minimum absolute atomic E-state index is 0.0196. The third kappa shape index (κ3) is 3.81. The lowest BCUT2D eigenvalue weighted by molar-refractivity contribution is -0.123. The van der Waals surface area contributed by atoms with Crippen LogP contribution in [0.15, 0.2) is 24.3 Å². The van der Waals surface area contributed by atoms with Gasteiger partial charge >= 0.3 is 0 Å². The third-order valence-electron chi connectivity index (χ3n) is 5.26. The summed E-state index contributed by atoms with van der Waals surface area (Å²) in [7, 11) is -2.91. The maximum Gasteiger partial charge on any atom is 0.234 e. The maximum absolute atomic E-state index is 12.4. The average Bonchev–Trinajstić information content (AvgIpc) is 2.53. The van der Waals surface area contributed by atoms with Gasteiger partial charge in [-0.05, 0) is 29.4 Å². The van der Waals surface area contributed by atoms with Crippen LogP contribution in [0.1, 0.15) is 43.9 Å².